The highest BCUT2D eigenvalue weighted by atomic mass is 79.9. The Kier molecular flexibility index (Phi) is 8.13. The van der Waals surface area contributed by atoms with Gasteiger partial charge in [0, 0.05) is 0 Å². The van der Waals surface area contributed by atoms with E-state index in [1.807, 2.05) is 44.2 Å². The van der Waals surface area contributed by atoms with E-state index in [2.05, 4.69) is 26.5 Å². The van der Waals surface area contributed by atoms with Crippen LogP contribution in [0.1, 0.15) is 25.0 Å². The van der Waals surface area contributed by atoms with Gasteiger partial charge in [-0.3, -0.25) is 4.79 Å². The molecule has 144 valence electrons. The minimum absolute atomic E-state index is 0.202. The smallest absolute Gasteiger partial charge is 0.244 e. The van der Waals surface area contributed by atoms with Crippen LogP contribution in [0, 0.1) is 0 Å². The largest absolute Gasteiger partial charge is 0.494 e. The average Bonchev–Trinajstić information content (AvgIpc) is 2.65. The number of amides is 1. The SMILES string of the molecule is CCOc1ccc(CC(=O)N/N=C/c2cc(Br)c(OCC)c(OC)c2)cc1. The van der Waals surface area contributed by atoms with Crippen LogP contribution < -0.4 is 19.6 Å². The number of nitrogens with one attached hydrogen (secondary N) is 1. The highest BCUT2D eigenvalue weighted by molar-refractivity contribution is 9.10. The summed E-state index contributed by atoms with van der Waals surface area (Å²) in [6, 6.07) is 11.1. The van der Waals surface area contributed by atoms with E-state index < -0.39 is 0 Å². The van der Waals surface area contributed by atoms with Crippen LogP contribution in [0.3, 0.4) is 0 Å². The van der Waals surface area contributed by atoms with E-state index >= 15 is 0 Å². The molecule has 0 spiro atoms. The molecule has 0 heterocycles. The summed E-state index contributed by atoms with van der Waals surface area (Å²) in [6.07, 6.45) is 1.79. The highest BCUT2D eigenvalue weighted by Gasteiger charge is 2.10. The first-order valence-electron chi connectivity index (χ1n) is 8.61. The van der Waals surface area contributed by atoms with Crippen molar-refractivity contribution in [3.8, 4) is 17.2 Å². The molecular formula is C20H23BrN2O4. The minimum atomic E-state index is -0.202. The zero-order chi connectivity index (χ0) is 19.6. The van der Waals surface area contributed by atoms with Gasteiger partial charge in [0.2, 0.25) is 5.91 Å². The second-order valence-corrected chi connectivity index (χ2v) is 6.37. The Morgan fingerprint density at radius 1 is 1.15 bits per heavy atom. The van der Waals surface area contributed by atoms with Gasteiger partial charge in [-0.15, -0.1) is 0 Å². The lowest BCUT2D eigenvalue weighted by Gasteiger charge is -2.11. The maximum Gasteiger partial charge on any atom is 0.244 e. The Labute approximate surface area is 167 Å². The van der Waals surface area contributed by atoms with Crippen LogP contribution in [0.5, 0.6) is 17.2 Å². The van der Waals surface area contributed by atoms with Crippen LogP contribution >= 0.6 is 15.9 Å². The fourth-order valence-electron chi connectivity index (χ4n) is 2.37. The van der Waals surface area contributed by atoms with Crippen molar-refractivity contribution in [1.82, 2.24) is 5.43 Å². The van der Waals surface area contributed by atoms with Gasteiger partial charge in [0.1, 0.15) is 5.75 Å². The Hall–Kier alpha value is -2.54. The van der Waals surface area contributed by atoms with Crippen molar-refractivity contribution in [3.63, 3.8) is 0 Å². The van der Waals surface area contributed by atoms with E-state index in [0.29, 0.717) is 24.7 Å². The summed E-state index contributed by atoms with van der Waals surface area (Å²) in [5, 5.41) is 4.01. The molecule has 0 aliphatic carbocycles. The van der Waals surface area contributed by atoms with Gasteiger partial charge in [-0.25, -0.2) is 5.43 Å². The maximum absolute atomic E-state index is 12.0. The number of ether oxygens (including phenoxy) is 3. The van der Waals surface area contributed by atoms with E-state index in [9.17, 15) is 4.79 Å². The maximum atomic E-state index is 12.0. The monoisotopic (exact) mass is 434 g/mol. The molecular weight excluding hydrogens is 412 g/mol. The summed E-state index contributed by atoms with van der Waals surface area (Å²) < 4.78 is 17.0. The first-order chi connectivity index (χ1) is 13.1. The molecule has 0 bridgehead atoms. The van der Waals surface area contributed by atoms with E-state index in [1.54, 1.807) is 19.4 Å². The average molecular weight is 435 g/mol. The zero-order valence-electron chi connectivity index (χ0n) is 15.6. The molecule has 0 fully saturated rings. The molecule has 0 aromatic heterocycles. The molecule has 27 heavy (non-hydrogen) atoms. The Morgan fingerprint density at radius 2 is 1.85 bits per heavy atom. The Morgan fingerprint density at radius 3 is 2.48 bits per heavy atom. The number of halogens is 1. The van der Waals surface area contributed by atoms with Crippen LogP contribution in [0.25, 0.3) is 0 Å². The molecule has 0 saturated heterocycles. The number of methoxy groups -OCH3 is 1. The second-order valence-electron chi connectivity index (χ2n) is 5.51. The molecule has 0 atom stereocenters. The number of hydrazone groups is 1. The third-order valence-electron chi connectivity index (χ3n) is 3.54. The topological polar surface area (TPSA) is 69.2 Å². The van der Waals surface area contributed by atoms with E-state index in [1.165, 1.54) is 0 Å². The number of rotatable bonds is 9. The molecule has 0 saturated carbocycles. The van der Waals surface area contributed by atoms with Crippen molar-refractivity contribution in [2.45, 2.75) is 20.3 Å². The molecule has 6 nitrogen and oxygen atoms in total. The lowest BCUT2D eigenvalue weighted by Crippen LogP contribution is -2.19. The second kappa shape index (κ2) is 10.6. The first kappa shape index (κ1) is 20.8. The Balaban J connectivity index is 1.96. The predicted molar refractivity (Wildman–Crippen MR) is 109 cm³/mol. The normalized spacial score (nSPS) is 10.7. The molecule has 0 unspecified atom stereocenters. The standard InChI is InChI=1S/C20H23BrN2O4/c1-4-26-16-8-6-14(7-9-16)12-19(24)23-22-13-15-10-17(21)20(27-5-2)18(11-15)25-3/h6-11,13H,4-5,12H2,1-3H3,(H,23,24)/b22-13+. The van der Waals surface area contributed by atoms with Gasteiger partial charge >= 0.3 is 0 Å². The third kappa shape index (κ3) is 6.29. The molecule has 7 heteroatoms. The van der Waals surface area contributed by atoms with Gasteiger partial charge in [-0.1, -0.05) is 12.1 Å². The number of carbonyl (C=O) groups excluding carboxylic acids is 1. The van der Waals surface area contributed by atoms with Gasteiger partial charge in [-0.05, 0) is 65.2 Å². The summed E-state index contributed by atoms with van der Waals surface area (Å²) in [4.78, 5) is 12.0. The van der Waals surface area contributed by atoms with Crippen LogP contribution in [0.15, 0.2) is 46.0 Å². The third-order valence-corrected chi connectivity index (χ3v) is 4.13. The van der Waals surface area contributed by atoms with Crippen molar-refractivity contribution < 1.29 is 19.0 Å². The summed E-state index contributed by atoms with van der Waals surface area (Å²) >= 11 is 3.46. The summed E-state index contributed by atoms with van der Waals surface area (Å²) in [7, 11) is 1.57. The molecule has 1 N–H and O–H groups in total. The van der Waals surface area contributed by atoms with E-state index in [0.717, 1.165) is 21.3 Å². The van der Waals surface area contributed by atoms with Crippen molar-refractivity contribution in [1.29, 1.82) is 0 Å². The molecule has 0 aliphatic rings. The molecule has 2 aromatic rings. The van der Waals surface area contributed by atoms with E-state index in [4.69, 9.17) is 14.2 Å². The van der Waals surface area contributed by atoms with Crippen LogP contribution in [-0.4, -0.2) is 32.4 Å². The predicted octanol–water partition coefficient (Wildman–Crippen LogP) is 3.95. The lowest BCUT2D eigenvalue weighted by atomic mass is 10.1. The van der Waals surface area contributed by atoms with Gasteiger partial charge < -0.3 is 14.2 Å². The number of hydrogen-bond acceptors (Lipinski definition) is 5. The molecule has 2 aromatic carbocycles. The van der Waals surface area contributed by atoms with Gasteiger partial charge in [0.05, 0.1) is 37.4 Å². The van der Waals surface area contributed by atoms with E-state index in [-0.39, 0.29) is 12.3 Å². The quantitative estimate of drug-likeness (QED) is 0.479. The number of nitrogens with zero attached hydrogens (tertiary/aromatic N) is 1. The molecule has 0 aliphatic heterocycles. The first-order valence-corrected chi connectivity index (χ1v) is 9.40. The summed E-state index contributed by atoms with van der Waals surface area (Å²) in [5.74, 6) is 1.81. The summed E-state index contributed by atoms with van der Waals surface area (Å²) in [6.45, 7) is 4.98. The highest BCUT2D eigenvalue weighted by Crippen LogP contribution is 2.36. The molecule has 1 amide bonds. The van der Waals surface area contributed by atoms with Crippen molar-refractivity contribution in [2.24, 2.45) is 5.10 Å². The Bertz CT molecular complexity index is 791. The van der Waals surface area contributed by atoms with Gasteiger partial charge in [-0.2, -0.15) is 5.10 Å². The fraction of sp³-hybridized carbons (Fsp3) is 0.300. The van der Waals surface area contributed by atoms with Crippen molar-refractivity contribution in [2.75, 3.05) is 20.3 Å². The number of carbonyl (C=O) groups is 1. The summed E-state index contributed by atoms with van der Waals surface area (Å²) in [5.41, 5.74) is 4.18. The van der Waals surface area contributed by atoms with Crippen LogP contribution in [0.4, 0.5) is 0 Å². The molecule has 2 rings (SSSR count). The number of benzene rings is 2. The van der Waals surface area contributed by atoms with Crippen LogP contribution in [-0.2, 0) is 11.2 Å². The lowest BCUT2D eigenvalue weighted by molar-refractivity contribution is -0.120. The van der Waals surface area contributed by atoms with Crippen LogP contribution in [0.2, 0.25) is 0 Å². The van der Waals surface area contributed by atoms with Gasteiger partial charge in [0.15, 0.2) is 11.5 Å². The fourth-order valence-corrected chi connectivity index (χ4v) is 2.95. The molecule has 0 radical (unpaired) electrons. The van der Waals surface area contributed by atoms with Crippen molar-refractivity contribution >= 4 is 28.1 Å². The zero-order valence-corrected chi connectivity index (χ0v) is 17.2. The van der Waals surface area contributed by atoms with Crippen molar-refractivity contribution in [3.05, 3.63) is 52.0 Å². The van der Waals surface area contributed by atoms with Gasteiger partial charge in [0.25, 0.3) is 0 Å². The number of hydrogen-bond donors (Lipinski definition) is 1. The minimum Gasteiger partial charge on any atom is -0.494 e.